The number of hydrogen-bond donors (Lipinski definition) is 5. The van der Waals surface area contributed by atoms with Crippen LogP contribution in [0.3, 0.4) is 0 Å². The lowest BCUT2D eigenvalue weighted by Gasteiger charge is -2.70. The number of ether oxygens (including phenoxy) is 3. The highest BCUT2D eigenvalue weighted by Crippen LogP contribution is 2.76. The van der Waals surface area contributed by atoms with Crippen LogP contribution in [0.2, 0.25) is 0 Å². The van der Waals surface area contributed by atoms with Crippen molar-refractivity contribution in [1.82, 2.24) is 16.2 Å². The molecule has 2 radical (unpaired) electrons. The number of carbonyl (C=O) groups is 4. The quantitative estimate of drug-likeness (QED) is 0.00999. The summed E-state index contributed by atoms with van der Waals surface area (Å²) >= 11 is 0. The molecule has 6 unspecified atom stereocenters. The van der Waals surface area contributed by atoms with Gasteiger partial charge in [0.2, 0.25) is 0 Å². The van der Waals surface area contributed by atoms with E-state index in [1.165, 1.54) is 26.7 Å². The van der Waals surface area contributed by atoms with Crippen LogP contribution in [-0.2, 0) is 33.4 Å². The van der Waals surface area contributed by atoms with Gasteiger partial charge in [-0.3, -0.25) is 15.3 Å². The van der Waals surface area contributed by atoms with Crippen molar-refractivity contribution >= 4 is 23.9 Å². The van der Waals surface area contributed by atoms with Crippen molar-refractivity contribution in [3.63, 3.8) is 0 Å². The van der Waals surface area contributed by atoms with Gasteiger partial charge in [-0.25, -0.2) is 9.59 Å². The summed E-state index contributed by atoms with van der Waals surface area (Å²) < 4.78 is 19.2. The van der Waals surface area contributed by atoms with E-state index in [0.29, 0.717) is 75.4 Å². The molecule has 496 valence electrons. The first-order valence-corrected chi connectivity index (χ1v) is 35.1. The van der Waals surface area contributed by atoms with Crippen LogP contribution in [0.4, 0.5) is 0 Å². The van der Waals surface area contributed by atoms with Gasteiger partial charge in [0, 0.05) is 43.9 Å². The second kappa shape index (κ2) is 27.8. The second-order valence-electron chi connectivity index (χ2n) is 32.0. The Kier molecular flexibility index (Phi) is 22.3. The number of carbonyl (C=O) groups excluding carboxylic acids is 4. The van der Waals surface area contributed by atoms with E-state index in [2.05, 4.69) is 85.7 Å². The van der Waals surface area contributed by atoms with Crippen LogP contribution in [0.15, 0.2) is 45.6 Å². The van der Waals surface area contributed by atoms with Gasteiger partial charge in [0.15, 0.2) is 0 Å². The van der Waals surface area contributed by atoms with E-state index in [4.69, 9.17) is 14.2 Å². The highest BCUT2D eigenvalue weighted by atomic mass is 16.6. The van der Waals surface area contributed by atoms with Crippen molar-refractivity contribution < 1.29 is 53.8 Å². The summed E-state index contributed by atoms with van der Waals surface area (Å²) in [6.07, 6.45) is 15.4. The number of aliphatic hydroxyl groups is 4. The van der Waals surface area contributed by atoms with Crippen LogP contribution in [0.5, 0.6) is 0 Å². The van der Waals surface area contributed by atoms with E-state index in [9.17, 15) is 35.7 Å². The topological polar surface area (TPSA) is 219 Å². The molecule has 0 saturated heterocycles. The van der Waals surface area contributed by atoms with Crippen LogP contribution < -0.4 is 16.2 Å². The minimum atomic E-state index is -0.863. The summed E-state index contributed by atoms with van der Waals surface area (Å²) in [7, 11) is 0. The molecule has 0 aliphatic heterocycles. The maximum absolute atomic E-state index is 15.9. The van der Waals surface area contributed by atoms with E-state index >= 15 is 9.59 Å². The van der Waals surface area contributed by atoms with Crippen molar-refractivity contribution in [2.45, 2.75) is 301 Å². The smallest absolute Gasteiger partial charge is 0.342 e. The van der Waals surface area contributed by atoms with Gasteiger partial charge in [0.05, 0.1) is 30.5 Å². The molecule has 0 aromatic carbocycles. The van der Waals surface area contributed by atoms with E-state index in [1.807, 2.05) is 33.8 Å². The predicted octanol–water partition coefficient (Wildman–Crippen LogP) is 13.3. The van der Waals surface area contributed by atoms with E-state index in [0.717, 1.165) is 69.2 Å². The number of unbranched alkanes of at least 4 members (excludes halogenated alkanes) is 6. The molecule has 0 spiro atoms. The second-order valence-corrected chi connectivity index (χ2v) is 32.0. The van der Waals surface area contributed by atoms with Crippen molar-refractivity contribution in [3.8, 4) is 0 Å². The minimum Gasteiger partial charge on any atom is -0.458 e. The van der Waals surface area contributed by atoms with Crippen molar-refractivity contribution in [2.75, 3.05) is 13.1 Å². The fourth-order valence-corrected chi connectivity index (χ4v) is 22.2. The Morgan fingerprint density at radius 3 is 1.39 bits per heavy atom. The van der Waals surface area contributed by atoms with Crippen LogP contribution in [0, 0.1) is 79.8 Å². The van der Waals surface area contributed by atoms with E-state index in [-0.39, 0.29) is 77.4 Å². The maximum Gasteiger partial charge on any atom is 0.342 e. The number of esters is 4. The Morgan fingerprint density at radius 2 is 0.977 bits per heavy atom. The highest BCUT2D eigenvalue weighted by molar-refractivity contribution is 6.03. The molecular formula is C74H120N3O11+. The predicted molar refractivity (Wildman–Crippen MR) is 346 cm³/mol. The summed E-state index contributed by atoms with van der Waals surface area (Å²) in [6, 6.07) is -0.567. The Hall–Kier alpha value is -3.24. The first-order valence-electron chi connectivity index (χ1n) is 35.1. The number of aliphatic hydroxyl groups excluding tert-OH is 4. The summed E-state index contributed by atoms with van der Waals surface area (Å²) in [5, 5.41) is 51.5. The lowest BCUT2D eigenvalue weighted by Crippen LogP contribution is -2.72. The third kappa shape index (κ3) is 12.9. The fraction of sp³-hybridized carbons (Fsp3) is 0.838. The molecule has 6 N–H and O–H groups in total. The standard InChI is InChI=1S/C74H120N3O11/c1-17-19-21-23-35-77(36-24-22-20-18-2)76-54-40-74(16)66(70(12)34-32-56(81)46(8)64(54)70)58(83)38-52-62(60(87-48(10)79)42-72(52,74)14)50(30-26-28-44(5)6)68(85)88-67(84)49(29-25-27-43(3)4)61-51-37-57(82)65-69(11)33-31-55(80)45(7)63(69)53(75)39-73(65,15)71(51,13)41-59(61)86-47(9)78/h27-28,45-46,51-60,63-66,75-76,80-83H,17-26,29-42H2,1-16H3/q+1/t45-,46-,51-,52-,53?,54?,55-,56-,57-,58-,59+,60+,63?,64?,65?,66?,69+,70+,71+,72+,73+,74+/m1/s1. The Labute approximate surface area is 530 Å². The zero-order valence-corrected chi connectivity index (χ0v) is 57.5. The molecule has 8 rings (SSSR count). The lowest BCUT2D eigenvalue weighted by atomic mass is 9.35. The molecule has 88 heavy (non-hydrogen) atoms. The van der Waals surface area contributed by atoms with Crippen LogP contribution >= 0.6 is 0 Å². The number of allylic oxidation sites excluding steroid dienone is 4. The number of hydrazine groups is 1. The average Bonchev–Trinajstić information content (AvgIpc) is 1.23. The highest BCUT2D eigenvalue weighted by Gasteiger charge is 2.75. The largest absolute Gasteiger partial charge is 0.458 e. The number of nitrogens with zero attached hydrogens (tertiary/aromatic N) is 1. The zero-order valence-electron chi connectivity index (χ0n) is 57.5. The molecule has 8 aliphatic carbocycles. The molecule has 14 nitrogen and oxygen atoms in total. The first kappa shape index (κ1) is 70.6. The summed E-state index contributed by atoms with van der Waals surface area (Å²) in [5.41, 5.74) is 14.5. The number of hydrogen-bond acceptors (Lipinski definition) is 13. The normalized spacial score (nSPS) is 42.8. The monoisotopic (exact) mass is 1230 g/mol. The Morgan fingerprint density at radius 1 is 0.568 bits per heavy atom. The van der Waals surface area contributed by atoms with Crippen molar-refractivity contribution in [3.05, 3.63) is 45.6 Å². The van der Waals surface area contributed by atoms with Crippen molar-refractivity contribution in [2.24, 2.45) is 79.8 Å². The van der Waals surface area contributed by atoms with Gasteiger partial charge in [0.1, 0.15) is 25.3 Å². The molecule has 0 aromatic heterocycles. The summed E-state index contributed by atoms with van der Waals surface area (Å²) in [4.78, 5) is 58.7. The number of fused-ring (bicyclic) bond motifs is 10. The van der Waals surface area contributed by atoms with Crippen molar-refractivity contribution in [1.29, 1.82) is 0 Å². The van der Waals surface area contributed by atoms with E-state index in [1.54, 1.807) is 0 Å². The molecule has 22 atom stereocenters. The molecular weight excluding hydrogens is 1110 g/mol. The molecule has 0 bridgehead atoms. The molecule has 14 heteroatoms. The first-order chi connectivity index (χ1) is 41.3. The van der Waals surface area contributed by atoms with Gasteiger partial charge in [0.25, 0.3) is 0 Å². The minimum absolute atomic E-state index is 0.0231. The SMILES string of the molecule is CCCCCC[N+](CCCCCC)NC1C[C@@]2(C)C([C@H](O)C[C@@H]3C(=C(CCC=C(C)C)C(=O)OC(=O)C(CCC=C(C)C)=C4[C@@H](OC(C)=O)C[C@@]5(C)[C@@H]4C[C@@H](O)C4[C@@]6(C)CC[C@@H](O)[C@@H](C)C6C([NH])C[C@@]45C)[C@@H](OC(C)=O)C[C@@]32C)[C@@]2(C)CC[C@@H](O)[C@@H](C)C12. The third-order valence-corrected chi connectivity index (χ3v) is 26.1. The molecule has 8 saturated carbocycles. The molecule has 0 amide bonds. The lowest BCUT2D eigenvalue weighted by molar-refractivity contribution is -0.244. The van der Waals surface area contributed by atoms with Gasteiger partial charge in [-0.05, 0) is 221 Å². The van der Waals surface area contributed by atoms with Gasteiger partial charge >= 0.3 is 23.9 Å². The molecule has 0 heterocycles. The average molecular weight is 1230 g/mol. The van der Waals surface area contributed by atoms with E-state index < -0.39 is 105 Å². The maximum atomic E-state index is 15.9. The van der Waals surface area contributed by atoms with Gasteiger partial charge in [-0.15, -0.1) is 5.43 Å². The van der Waals surface area contributed by atoms with Crippen LogP contribution in [-0.4, -0.2) is 106 Å². The summed E-state index contributed by atoms with van der Waals surface area (Å²) in [5.74, 6) is -4.17. The number of rotatable bonds is 22. The van der Waals surface area contributed by atoms with Crippen LogP contribution in [0.25, 0.3) is 0 Å². The van der Waals surface area contributed by atoms with Crippen LogP contribution in [0.1, 0.15) is 252 Å². The molecule has 8 aliphatic rings. The number of nitrogens with one attached hydrogen (secondary N) is 2. The zero-order chi connectivity index (χ0) is 64.8. The Balaban J connectivity index is 1.24. The molecule has 8 fully saturated rings. The summed E-state index contributed by atoms with van der Waals surface area (Å²) in [6.45, 7) is 35.0. The molecule has 0 aromatic rings. The van der Waals surface area contributed by atoms with Gasteiger partial charge in [-0.2, -0.15) is 0 Å². The Bertz CT molecular complexity index is 2650. The third-order valence-electron chi connectivity index (χ3n) is 26.1. The van der Waals surface area contributed by atoms with Gasteiger partial charge < -0.3 is 34.6 Å². The fourth-order valence-electron chi connectivity index (χ4n) is 22.2. The van der Waals surface area contributed by atoms with Gasteiger partial charge in [-0.1, -0.05) is 123 Å².